The van der Waals surface area contributed by atoms with Crippen LogP contribution in [0.25, 0.3) is 11.4 Å². The van der Waals surface area contributed by atoms with Crippen LogP contribution in [0.2, 0.25) is 10.0 Å². The van der Waals surface area contributed by atoms with Crippen LogP contribution in [0.3, 0.4) is 0 Å². The molecule has 2 aromatic carbocycles. The summed E-state index contributed by atoms with van der Waals surface area (Å²) in [7, 11) is 0. The van der Waals surface area contributed by atoms with E-state index in [2.05, 4.69) is 21.5 Å². The van der Waals surface area contributed by atoms with Gasteiger partial charge >= 0.3 is 0 Å². The molecule has 1 heterocycles. The molecule has 0 saturated carbocycles. The molecule has 8 heteroatoms. The number of amides is 1. The van der Waals surface area contributed by atoms with E-state index in [0.717, 1.165) is 5.56 Å². The quantitative estimate of drug-likeness (QED) is 0.672. The summed E-state index contributed by atoms with van der Waals surface area (Å²) in [6.45, 7) is 3.94. The number of aryl methyl sites for hydroxylation is 1. The van der Waals surface area contributed by atoms with Gasteiger partial charge in [-0.15, -0.1) is 0 Å². The second-order valence-corrected chi connectivity index (χ2v) is 7.01. The fraction of sp³-hybridized carbons (Fsp3) is 0.200. The van der Waals surface area contributed by atoms with Gasteiger partial charge in [0.2, 0.25) is 5.91 Å². The van der Waals surface area contributed by atoms with Crippen LogP contribution in [0.5, 0.6) is 0 Å². The minimum atomic E-state index is -0.562. The third kappa shape index (κ3) is 4.33. The van der Waals surface area contributed by atoms with Gasteiger partial charge in [0.1, 0.15) is 6.04 Å². The molecule has 0 bridgehead atoms. The Morgan fingerprint density at radius 3 is 2.39 bits per heavy atom. The fourth-order valence-corrected chi connectivity index (χ4v) is 3.40. The lowest BCUT2D eigenvalue weighted by Crippen LogP contribution is -2.29. The number of rotatable bonds is 5. The molecule has 0 spiro atoms. The number of carbonyl (C=O) groups excluding carboxylic acids is 1. The van der Waals surface area contributed by atoms with E-state index >= 15 is 0 Å². The summed E-state index contributed by atoms with van der Waals surface area (Å²) in [5.74, 6) is 0.854. The third-order valence-corrected chi connectivity index (χ3v) is 4.53. The van der Waals surface area contributed by atoms with Crippen LogP contribution < -0.4 is 5.32 Å². The van der Waals surface area contributed by atoms with E-state index in [1.807, 2.05) is 6.92 Å². The number of halogens is 2. The molecule has 0 radical (unpaired) electrons. The SMILES string of the molecule is CCn1nc(-c2ccc(C#N)cc2)nc1C(NC(C)=O)c1cc(Cl)cc(Cl)c1. The summed E-state index contributed by atoms with van der Waals surface area (Å²) in [5, 5.41) is 17.4. The van der Waals surface area contributed by atoms with Gasteiger partial charge in [0, 0.05) is 29.1 Å². The van der Waals surface area contributed by atoms with E-state index in [1.165, 1.54) is 6.92 Å². The lowest BCUT2D eigenvalue weighted by Gasteiger charge is -2.18. The molecule has 0 aliphatic rings. The Morgan fingerprint density at radius 2 is 1.86 bits per heavy atom. The summed E-state index contributed by atoms with van der Waals surface area (Å²) >= 11 is 12.3. The molecule has 1 unspecified atom stereocenters. The van der Waals surface area contributed by atoms with Crippen LogP contribution in [0.1, 0.15) is 36.8 Å². The first-order valence-corrected chi connectivity index (χ1v) is 9.35. The highest BCUT2D eigenvalue weighted by molar-refractivity contribution is 6.34. The van der Waals surface area contributed by atoms with E-state index in [0.29, 0.717) is 39.4 Å². The Kier molecular flexibility index (Phi) is 5.98. The zero-order valence-electron chi connectivity index (χ0n) is 15.3. The highest BCUT2D eigenvalue weighted by atomic mass is 35.5. The third-order valence-electron chi connectivity index (χ3n) is 4.10. The molecule has 1 N–H and O–H groups in total. The molecule has 142 valence electrons. The molecule has 0 aliphatic heterocycles. The average molecular weight is 414 g/mol. The number of aromatic nitrogens is 3. The van der Waals surface area contributed by atoms with Crippen LogP contribution in [-0.2, 0) is 11.3 Å². The van der Waals surface area contributed by atoms with E-state index in [9.17, 15) is 4.79 Å². The Balaban J connectivity index is 2.10. The maximum Gasteiger partial charge on any atom is 0.217 e. The van der Waals surface area contributed by atoms with Crippen molar-refractivity contribution < 1.29 is 4.79 Å². The standard InChI is InChI=1S/C20H17Cl2N5O/c1-3-27-20(25-19(26-27)14-6-4-13(11-23)5-7-14)18(24-12(2)28)15-8-16(21)10-17(22)9-15/h4-10,18H,3H2,1-2H3,(H,24,28). The number of carbonyl (C=O) groups is 1. The molecule has 3 rings (SSSR count). The van der Waals surface area contributed by atoms with Gasteiger partial charge in [0.05, 0.1) is 11.6 Å². The Labute approximate surface area is 172 Å². The van der Waals surface area contributed by atoms with Crippen LogP contribution in [0.4, 0.5) is 0 Å². The number of nitrogens with one attached hydrogen (secondary N) is 1. The van der Waals surface area contributed by atoms with Crippen molar-refractivity contribution in [2.45, 2.75) is 26.4 Å². The second kappa shape index (κ2) is 8.42. The van der Waals surface area contributed by atoms with Gasteiger partial charge in [-0.2, -0.15) is 10.4 Å². The average Bonchev–Trinajstić information content (AvgIpc) is 3.09. The van der Waals surface area contributed by atoms with Crippen molar-refractivity contribution in [1.82, 2.24) is 20.1 Å². The summed E-state index contributed by atoms with van der Waals surface area (Å²) < 4.78 is 1.73. The van der Waals surface area contributed by atoms with Gasteiger partial charge in [-0.05, 0) is 55.0 Å². The molecule has 6 nitrogen and oxygen atoms in total. The van der Waals surface area contributed by atoms with Gasteiger partial charge < -0.3 is 5.32 Å². The summed E-state index contributed by atoms with van der Waals surface area (Å²) in [4.78, 5) is 16.5. The summed E-state index contributed by atoms with van der Waals surface area (Å²) in [6.07, 6.45) is 0. The molecule has 1 amide bonds. The van der Waals surface area contributed by atoms with Gasteiger partial charge in [0.15, 0.2) is 11.6 Å². The molecule has 0 fully saturated rings. The number of hydrogen-bond donors (Lipinski definition) is 1. The highest BCUT2D eigenvalue weighted by Gasteiger charge is 2.24. The zero-order chi connectivity index (χ0) is 20.3. The van der Waals surface area contributed by atoms with Gasteiger partial charge in [-0.3, -0.25) is 4.79 Å². The lowest BCUT2D eigenvalue weighted by molar-refractivity contribution is -0.119. The summed E-state index contributed by atoms with van der Waals surface area (Å²) in [5.41, 5.74) is 2.04. The maximum absolute atomic E-state index is 11.9. The molecule has 28 heavy (non-hydrogen) atoms. The molecule has 1 aromatic heterocycles. The smallest absolute Gasteiger partial charge is 0.217 e. The second-order valence-electron chi connectivity index (χ2n) is 6.13. The largest absolute Gasteiger partial charge is 0.342 e. The number of hydrogen-bond acceptors (Lipinski definition) is 4. The van der Waals surface area contributed by atoms with Gasteiger partial charge in [-0.25, -0.2) is 9.67 Å². The topological polar surface area (TPSA) is 83.6 Å². The van der Waals surface area contributed by atoms with E-state index in [1.54, 1.807) is 47.1 Å². The van der Waals surface area contributed by atoms with Crippen LogP contribution >= 0.6 is 23.2 Å². The normalized spacial score (nSPS) is 11.7. The zero-order valence-corrected chi connectivity index (χ0v) is 16.8. The molecule has 3 aromatic rings. The Morgan fingerprint density at radius 1 is 1.21 bits per heavy atom. The number of nitriles is 1. The van der Waals surface area contributed by atoms with Crippen LogP contribution in [-0.4, -0.2) is 20.7 Å². The lowest BCUT2D eigenvalue weighted by atomic mass is 10.1. The Hall–Kier alpha value is -2.88. The van der Waals surface area contributed by atoms with Crippen molar-refractivity contribution >= 4 is 29.1 Å². The van der Waals surface area contributed by atoms with Crippen molar-refractivity contribution in [3.05, 3.63) is 69.5 Å². The van der Waals surface area contributed by atoms with Gasteiger partial charge in [0.25, 0.3) is 0 Å². The molecular formula is C20H17Cl2N5O. The molecule has 0 aliphatic carbocycles. The molecule has 0 saturated heterocycles. The van der Waals surface area contributed by atoms with Crippen molar-refractivity contribution in [2.24, 2.45) is 0 Å². The highest BCUT2D eigenvalue weighted by Crippen LogP contribution is 2.29. The molecular weight excluding hydrogens is 397 g/mol. The van der Waals surface area contributed by atoms with Crippen molar-refractivity contribution in [3.63, 3.8) is 0 Å². The first-order chi connectivity index (χ1) is 13.4. The van der Waals surface area contributed by atoms with Crippen molar-refractivity contribution in [1.29, 1.82) is 5.26 Å². The number of benzene rings is 2. The van der Waals surface area contributed by atoms with Crippen molar-refractivity contribution in [3.8, 4) is 17.5 Å². The minimum absolute atomic E-state index is 0.216. The summed E-state index contributed by atoms with van der Waals surface area (Å²) in [6, 6.07) is 13.6. The van der Waals surface area contributed by atoms with Crippen LogP contribution in [0, 0.1) is 11.3 Å². The van der Waals surface area contributed by atoms with E-state index < -0.39 is 6.04 Å². The monoisotopic (exact) mass is 413 g/mol. The minimum Gasteiger partial charge on any atom is -0.342 e. The first-order valence-electron chi connectivity index (χ1n) is 8.59. The van der Waals surface area contributed by atoms with E-state index in [4.69, 9.17) is 28.5 Å². The van der Waals surface area contributed by atoms with E-state index in [-0.39, 0.29) is 5.91 Å². The predicted molar refractivity (Wildman–Crippen MR) is 108 cm³/mol. The van der Waals surface area contributed by atoms with Gasteiger partial charge in [-0.1, -0.05) is 23.2 Å². The van der Waals surface area contributed by atoms with Crippen LogP contribution in [0.15, 0.2) is 42.5 Å². The predicted octanol–water partition coefficient (Wildman–Crippen LogP) is 4.37. The number of nitrogens with zero attached hydrogens (tertiary/aromatic N) is 4. The first kappa shape index (κ1) is 19.9. The maximum atomic E-state index is 11.9. The van der Waals surface area contributed by atoms with Crippen molar-refractivity contribution in [2.75, 3.05) is 0 Å². The fourth-order valence-electron chi connectivity index (χ4n) is 2.86. The Bertz CT molecular complexity index is 1030. The molecule has 1 atom stereocenters.